The molecule has 1 aromatic heterocycles. The SMILES string of the molecule is COc1ccccc1-c1nc(CCC(=O)Nc2c(F)cccc2F)cs1. The van der Waals surface area contributed by atoms with Gasteiger partial charge in [-0.15, -0.1) is 11.3 Å². The van der Waals surface area contributed by atoms with Gasteiger partial charge in [-0.25, -0.2) is 13.8 Å². The molecule has 4 nitrogen and oxygen atoms in total. The lowest BCUT2D eigenvalue weighted by Gasteiger charge is -2.07. The van der Waals surface area contributed by atoms with Crippen molar-refractivity contribution in [2.75, 3.05) is 12.4 Å². The highest BCUT2D eigenvalue weighted by atomic mass is 32.1. The van der Waals surface area contributed by atoms with Crippen LogP contribution in [0.15, 0.2) is 47.8 Å². The van der Waals surface area contributed by atoms with Gasteiger partial charge in [-0.05, 0) is 30.7 Å². The highest BCUT2D eigenvalue weighted by Crippen LogP contribution is 2.32. The molecule has 1 heterocycles. The molecule has 0 unspecified atom stereocenters. The quantitative estimate of drug-likeness (QED) is 0.682. The van der Waals surface area contributed by atoms with Crippen LogP contribution in [-0.4, -0.2) is 18.0 Å². The summed E-state index contributed by atoms with van der Waals surface area (Å²) in [6.45, 7) is 0. The molecule has 7 heteroatoms. The van der Waals surface area contributed by atoms with Crippen molar-refractivity contribution >= 4 is 22.9 Å². The zero-order valence-electron chi connectivity index (χ0n) is 14.0. The van der Waals surface area contributed by atoms with Gasteiger partial charge in [-0.1, -0.05) is 18.2 Å². The highest BCUT2D eigenvalue weighted by molar-refractivity contribution is 7.13. The molecule has 0 aliphatic carbocycles. The number of thiazole rings is 1. The van der Waals surface area contributed by atoms with Gasteiger partial charge < -0.3 is 10.1 Å². The average molecular weight is 374 g/mol. The summed E-state index contributed by atoms with van der Waals surface area (Å²) in [5.41, 5.74) is 1.19. The zero-order valence-corrected chi connectivity index (χ0v) is 14.8. The van der Waals surface area contributed by atoms with E-state index in [4.69, 9.17) is 4.74 Å². The Labute approximate surface area is 153 Å². The van der Waals surface area contributed by atoms with Crippen LogP contribution in [-0.2, 0) is 11.2 Å². The van der Waals surface area contributed by atoms with Gasteiger partial charge in [0.2, 0.25) is 5.91 Å². The van der Waals surface area contributed by atoms with E-state index in [9.17, 15) is 13.6 Å². The van der Waals surface area contributed by atoms with Crippen LogP contribution in [0.2, 0.25) is 0 Å². The van der Waals surface area contributed by atoms with Crippen LogP contribution in [0.5, 0.6) is 5.75 Å². The maximum absolute atomic E-state index is 13.6. The van der Waals surface area contributed by atoms with Gasteiger partial charge in [-0.2, -0.15) is 0 Å². The Balaban J connectivity index is 1.64. The first kappa shape index (κ1) is 18.0. The molecule has 0 atom stereocenters. The lowest BCUT2D eigenvalue weighted by atomic mass is 10.2. The number of rotatable bonds is 6. The van der Waals surface area contributed by atoms with E-state index in [2.05, 4.69) is 10.3 Å². The fraction of sp³-hybridized carbons (Fsp3) is 0.158. The van der Waals surface area contributed by atoms with E-state index in [1.807, 2.05) is 29.6 Å². The highest BCUT2D eigenvalue weighted by Gasteiger charge is 2.14. The van der Waals surface area contributed by atoms with Crippen molar-refractivity contribution in [2.45, 2.75) is 12.8 Å². The Bertz CT molecular complexity index is 907. The number of nitrogens with one attached hydrogen (secondary N) is 1. The molecular weight excluding hydrogens is 358 g/mol. The van der Waals surface area contributed by atoms with Crippen molar-refractivity contribution in [3.63, 3.8) is 0 Å². The number of hydrogen-bond acceptors (Lipinski definition) is 4. The van der Waals surface area contributed by atoms with Crippen molar-refractivity contribution in [2.24, 2.45) is 0 Å². The largest absolute Gasteiger partial charge is 0.496 e. The number of aromatic nitrogens is 1. The minimum Gasteiger partial charge on any atom is -0.496 e. The molecule has 0 saturated heterocycles. The molecule has 3 rings (SSSR count). The lowest BCUT2D eigenvalue weighted by Crippen LogP contribution is -2.14. The van der Waals surface area contributed by atoms with E-state index in [0.29, 0.717) is 6.42 Å². The summed E-state index contributed by atoms with van der Waals surface area (Å²) in [5, 5.41) is 4.92. The van der Waals surface area contributed by atoms with Gasteiger partial charge in [0.1, 0.15) is 28.1 Å². The lowest BCUT2D eigenvalue weighted by molar-refractivity contribution is -0.116. The third kappa shape index (κ3) is 4.05. The van der Waals surface area contributed by atoms with Crippen LogP contribution in [0.3, 0.4) is 0 Å². The zero-order chi connectivity index (χ0) is 18.5. The topological polar surface area (TPSA) is 51.2 Å². The number of nitrogens with zero attached hydrogens (tertiary/aromatic N) is 1. The molecule has 3 aromatic rings. The number of benzene rings is 2. The normalized spacial score (nSPS) is 10.6. The second-order valence-electron chi connectivity index (χ2n) is 5.49. The number of ether oxygens (including phenoxy) is 1. The number of carbonyl (C=O) groups is 1. The summed E-state index contributed by atoms with van der Waals surface area (Å²) >= 11 is 1.45. The number of methoxy groups -OCH3 is 1. The average Bonchev–Trinajstić information content (AvgIpc) is 3.12. The van der Waals surface area contributed by atoms with Crippen LogP contribution in [0.4, 0.5) is 14.5 Å². The summed E-state index contributed by atoms with van der Waals surface area (Å²) in [6, 6.07) is 11.0. The molecule has 0 bridgehead atoms. The fourth-order valence-corrected chi connectivity index (χ4v) is 3.31. The van der Waals surface area contributed by atoms with Crippen LogP contribution in [0, 0.1) is 11.6 Å². The summed E-state index contributed by atoms with van der Waals surface area (Å²) in [7, 11) is 1.60. The molecule has 0 aliphatic heterocycles. The standard InChI is InChI=1S/C19H16F2N2O2S/c1-25-16-8-3-2-5-13(16)19-22-12(11-26-19)9-10-17(24)23-18-14(20)6-4-7-15(18)21/h2-8,11H,9-10H2,1H3,(H,23,24). The Morgan fingerprint density at radius 2 is 1.88 bits per heavy atom. The predicted octanol–water partition coefficient (Wildman–Crippen LogP) is 4.67. The number of amides is 1. The smallest absolute Gasteiger partial charge is 0.224 e. The van der Waals surface area contributed by atoms with Crippen molar-refractivity contribution < 1.29 is 18.3 Å². The van der Waals surface area contributed by atoms with Crippen molar-refractivity contribution in [3.8, 4) is 16.3 Å². The minimum atomic E-state index is -0.800. The first-order valence-electron chi connectivity index (χ1n) is 7.90. The van der Waals surface area contributed by atoms with Gasteiger partial charge in [0.15, 0.2) is 0 Å². The first-order valence-corrected chi connectivity index (χ1v) is 8.78. The third-order valence-corrected chi connectivity index (χ3v) is 4.65. The van der Waals surface area contributed by atoms with E-state index in [-0.39, 0.29) is 6.42 Å². The second kappa shape index (κ2) is 8.05. The van der Waals surface area contributed by atoms with Crippen LogP contribution < -0.4 is 10.1 Å². The number of carbonyl (C=O) groups excluding carboxylic acids is 1. The first-order chi connectivity index (χ1) is 12.6. The summed E-state index contributed by atoms with van der Waals surface area (Å²) in [4.78, 5) is 16.5. The minimum absolute atomic E-state index is 0.0723. The Morgan fingerprint density at radius 3 is 2.62 bits per heavy atom. The number of halogens is 2. The summed E-state index contributed by atoms with van der Waals surface area (Å²) in [6.07, 6.45) is 0.441. The van der Waals surface area contributed by atoms with Crippen molar-refractivity contribution in [1.29, 1.82) is 0 Å². The van der Waals surface area contributed by atoms with Gasteiger partial charge in [0, 0.05) is 11.8 Å². The molecule has 0 fully saturated rings. The Morgan fingerprint density at radius 1 is 1.15 bits per heavy atom. The van der Waals surface area contributed by atoms with Gasteiger partial charge in [-0.3, -0.25) is 4.79 Å². The van der Waals surface area contributed by atoms with E-state index >= 15 is 0 Å². The van der Waals surface area contributed by atoms with Crippen molar-refractivity contribution in [3.05, 3.63) is 65.2 Å². The van der Waals surface area contributed by atoms with Crippen molar-refractivity contribution in [1.82, 2.24) is 4.98 Å². The maximum Gasteiger partial charge on any atom is 0.224 e. The molecule has 0 aliphatic rings. The van der Waals surface area contributed by atoms with Gasteiger partial charge >= 0.3 is 0 Å². The number of anilines is 1. The van der Waals surface area contributed by atoms with Crippen LogP contribution >= 0.6 is 11.3 Å². The second-order valence-corrected chi connectivity index (χ2v) is 6.35. The summed E-state index contributed by atoms with van der Waals surface area (Å²) in [5.74, 6) is -1.35. The van der Waals surface area contributed by atoms with E-state index in [0.717, 1.165) is 34.1 Å². The number of aryl methyl sites for hydroxylation is 1. The molecule has 1 N–H and O–H groups in total. The van der Waals surface area contributed by atoms with Gasteiger partial charge in [0.05, 0.1) is 18.4 Å². The maximum atomic E-state index is 13.6. The molecule has 2 aromatic carbocycles. The van der Waals surface area contributed by atoms with Crippen LogP contribution in [0.25, 0.3) is 10.6 Å². The van der Waals surface area contributed by atoms with E-state index in [1.54, 1.807) is 7.11 Å². The molecule has 0 saturated carbocycles. The monoisotopic (exact) mass is 374 g/mol. The Kier molecular flexibility index (Phi) is 5.58. The van der Waals surface area contributed by atoms with E-state index in [1.165, 1.54) is 17.4 Å². The third-order valence-electron chi connectivity index (χ3n) is 3.72. The molecule has 0 spiro atoms. The molecule has 0 radical (unpaired) electrons. The molecule has 26 heavy (non-hydrogen) atoms. The molecule has 1 amide bonds. The molecular formula is C19H16F2N2O2S. The number of para-hydroxylation sites is 2. The van der Waals surface area contributed by atoms with Crippen LogP contribution in [0.1, 0.15) is 12.1 Å². The fourth-order valence-electron chi connectivity index (χ4n) is 2.43. The predicted molar refractivity (Wildman–Crippen MR) is 97.4 cm³/mol. The Hall–Kier alpha value is -2.80. The van der Waals surface area contributed by atoms with E-state index < -0.39 is 23.2 Å². The summed E-state index contributed by atoms with van der Waals surface area (Å²) < 4.78 is 32.4. The number of hydrogen-bond donors (Lipinski definition) is 1. The van der Waals surface area contributed by atoms with Gasteiger partial charge in [0.25, 0.3) is 0 Å². The molecule has 134 valence electrons.